The van der Waals surface area contributed by atoms with Gasteiger partial charge >= 0.3 is 0 Å². The Hall–Kier alpha value is -1.40. The molecule has 0 heterocycles. The number of hydrogen-bond donors (Lipinski definition) is 1. The van der Waals surface area contributed by atoms with Crippen molar-refractivity contribution in [2.45, 2.75) is 30.8 Å². The molecule has 0 spiro atoms. The molecule has 8 heteroatoms. The lowest BCUT2D eigenvalue weighted by molar-refractivity contribution is -0.140. The van der Waals surface area contributed by atoms with Crippen LogP contribution in [0.25, 0.3) is 0 Å². The smallest absolute Gasteiger partial charge is 0.242 e. The standard InChI is InChI=1S/C20H21Cl3N2O2S/c1-13(20(27)24-2)25(12-16-17(22)4-3-5-18(16)23)19(26)10-11-28-15-8-6-14(21)7-9-15/h3-9,13H,10-12H2,1-2H3,(H,24,27). The van der Waals surface area contributed by atoms with Gasteiger partial charge in [0.05, 0.1) is 0 Å². The van der Waals surface area contributed by atoms with Crippen LogP contribution in [-0.4, -0.2) is 35.6 Å². The van der Waals surface area contributed by atoms with Crippen LogP contribution >= 0.6 is 46.6 Å². The van der Waals surface area contributed by atoms with E-state index in [9.17, 15) is 9.59 Å². The molecule has 0 fully saturated rings. The van der Waals surface area contributed by atoms with E-state index in [2.05, 4.69) is 5.32 Å². The number of nitrogens with one attached hydrogen (secondary N) is 1. The number of amides is 2. The first-order chi connectivity index (χ1) is 13.3. The number of carbonyl (C=O) groups is 2. The molecule has 1 N–H and O–H groups in total. The van der Waals surface area contributed by atoms with Gasteiger partial charge in [-0.05, 0) is 43.3 Å². The van der Waals surface area contributed by atoms with Gasteiger partial charge in [-0.15, -0.1) is 11.8 Å². The quantitative estimate of drug-likeness (QED) is 0.545. The average molecular weight is 460 g/mol. The number of halogens is 3. The topological polar surface area (TPSA) is 49.4 Å². The van der Waals surface area contributed by atoms with Gasteiger partial charge in [-0.25, -0.2) is 0 Å². The molecule has 2 aromatic carbocycles. The minimum Gasteiger partial charge on any atom is -0.357 e. The molecule has 2 rings (SSSR count). The van der Waals surface area contributed by atoms with Crippen LogP contribution in [0.4, 0.5) is 0 Å². The number of hydrogen-bond acceptors (Lipinski definition) is 3. The van der Waals surface area contributed by atoms with E-state index in [1.165, 1.54) is 4.90 Å². The van der Waals surface area contributed by atoms with Crippen molar-refractivity contribution in [3.05, 3.63) is 63.1 Å². The second-order valence-corrected chi connectivity index (χ2v) is 8.48. The summed E-state index contributed by atoms with van der Waals surface area (Å²) in [6, 6.07) is 12.0. The first-order valence-corrected chi connectivity index (χ1v) is 10.8. The van der Waals surface area contributed by atoms with Crippen LogP contribution < -0.4 is 5.32 Å². The molecule has 0 aliphatic heterocycles. The van der Waals surface area contributed by atoms with Crippen molar-refractivity contribution in [3.63, 3.8) is 0 Å². The zero-order valence-corrected chi connectivity index (χ0v) is 18.6. The number of rotatable bonds is 8. The highest BCUT2D eigenvalue weighted by Gasteiger charge is 2.26. The van der Waals surface area contributed by atoms with Gasteiger partial charge in [0.2, 0.25) is 11.8 Å². The highest BCUT2D eigenvalue weighted by molar-refractivity contribution is 7.99. The van der Waals surface area contributed by atoms with E-state index in [-0.39, 0.29) is 24.8 Å². The van der Waals surface area contributed by atoms with Crippen molar-refractivity contribution in [2.24, 2.45) is 0 Å². The van der Waals surface area contributed by atoms with Gasteiger partial charge in [-0.1, -0.05) is 40.9 Å². The van der Waals surface area contributed by atoms with Crippen molar-refractivity contribution in [1.82, 2.24) is 10.2 Å². The fourth-order valence-electron chi connectivity index (χ4n) is 2.58. The van der Waals surface area contributed by atoms with Gasteiger partial charge in [0.15, 0.2) is 0 Å². The van der Waals surface area contributed by atoms with E-state index in [0.29, 0.717) is 26.4 Å². The van der Waals surface area contributed by atoms with Crippen LogP contribution in [0.3, 0.4) is 0 Å². The Kier molecular flexibility index (Phi) is 8.96. The van der Waals surface area contributed by atoms with Gasteiger partial charge in [0.25, 0.3) is 0 Å². The fourth-order valence-corrected chi connectivity index (χ4v) is 4.06. The van der Waals surface area contributed by atoms with E-state index in [1.807, 2.05) is 24.3 Å². The number of benzene rings is 2. The average Bonchev–Trinajstić information content (AvgIpc) is 2.68. The molecule has 2 amide bonds. The SMILES string of the molecule is CNC(=O)C(C)N(Cc1c(Cl)cccc1Cl)C(=O)CCSc1ccc(Cl)cc1. The van der Waals surface area contributed by atoms with Gasteiger partial charge in [0.1, 0.15) is 6.04 Å². The predicted octanol–water partition coefficient (Wildman–Crippen LogP) is 5.29. The second-order valence-electron chi connectivity index (χ2n) is 6.06. The van der Waals surface area contributed by atoms with E-state index in [1.54, 1.807) is 43.9 Å². The van der Waals surface area contributed by atoms with Crippen LogP contribution in [0.1, 0.15) is 18.9 Å². The van der Waals surface area contributed by atoms with Gasteiger partial charge in [-0.2, -0.15) is 0 Å². The molecule has 0 saturated carbocycles. The number of carbonyl (C=O) groups excluding carboxylic acids is 2. The Balaban J connectivity index is 2.10. The van der Waals surface area contributed by atoms with E-state index >= 15 is 0 Å². The minimum atomic E-state index is -0.648. The molecule has 150 valence electrons. The molecule has 0 aliphatic carbocycles. The van der Waals surface area contributed by atoms with Crippen LogP contribution in [0.2, 0.25) is 15.1 Å². The van der Waals surface area contributed by atoms with Gasteiger partial charge in [0, 0.05) is 51.3 Å². The van der Waals surface area contributed by atoms with Crippen molar-refractivity contribution in [1.29, 1.82) is 0 Å². The highest BCUT2D eigenvalue weighted by Crippen LogP contribution is 2.27. The van der Waals surface area contributed by atoms with E-state index in [4.69, 9.17) is 34.8 Å². The van der Waals surface area contributed by atoms with Crippen molar-refractivity contribution in [3.8, 4) is 0 Å². The summed E-state index contributed by atoms with van der Waals surface area (Å²) in [5.74, 6) is 0.184. The summed E-state index contributed by atoms with van der Waals surface area (Å²) >= 11 is 20.0. The maximum atomic E-state index is 12.9. The number of thioether (sulfide) groups is 1. The lowest BCUT2D eigenvalue weighted by Crippen LogP contribution is -2.46. The third-order valence-electron chi connectivity index (χ3n) is 4.20. The summed E-state index contributed by atoms with van der Waals surface area (Å²) in [5, 5.41) is 4.18. The molecule has 0 saturated heterocycles. The molecular formula is C20H21Cl3N2O2S. The molecule has 0 radical (unpaired) electrons. The van der Waals surface area contributed by atoms with Gasteiger partial charge < -0.3 is 10.2 Å². The molecule has 0 bridgehead atoms. The van der Waals surface area contributed by atoms with Crippen LogP contribution in [0.5, 0.6) is 0 Å². The minimum absolute atomic E-state index is 0.145. The molecule has 0 aromatic heterocycles. The Bertz CT molecular complexity index is 810. The molecule has 4 nitrogen and oxygen atoms in total. The Labute approximate surface area is 184 Å². The summed E-state index contributed by atoms with van der Waals surface area (Å²) in [7, 11) is 1.54. The van der Waals surface area contributed by atoms with Crippen LogP contribution in [-0.2, 0) is 16.1 Å². The first kappa shape index (κ1) is 22.9. The predicted molar refractivity (Wildman–Crippen MR) is 117 cm³/mol. The zero-order valence-electron chi connectivity index (χ0n) is 15.5. The maximum absolute atomic E-state index is 12.9. The number of nitrogens with zero attached hydrogens (tertiary/aromatic N) is 1. The monoisotopic (exact) mass is 458 g/mol. The van der Waals surface area contributed by atoms with Gasteiger partial charge in [-0.3, -0.25) is 9.59 Å². The van der Waals surface area contributed by atoms with Crippen LogP contribution in [0, 0.1) is 0 Å². The summed E-state index contributed by atoms with van der Waals surface area (Å²) < 4.78 is 0. The normalized spacial score (nSPS) is 11.8. The zero-order chi connectivity index (χ0) is 20.7. The maximum Gasteiger partial charge on any atom is 0.242 e. The van der Waals surface area contributed by atoms with Crippen LogP contribution in [0.15, 0.2) is 47.4 Å². The fraction of sp³-hybridized carbons (Fsp3) is 0.300. The summed E-state index contributed by atoms with van der Waals surface area (Å²) in [4.78, 5) is 27.6. The largest absolute Gasteiger partial charge is 0.357 e. The summed E-state index contributed by atoms with van der Waals surface area (Å²) in [5.41, 5.74) is 0.625. The molecule has 1 unspecified atom stereocenters. The number of likely N-dealkylation sites (N-methyl/N-ethyl adjacent to an activating group) is 1. The Morgan fingerprint density at radius 2 is 1.68 bits per heavy atom. The van der Waals surface area contributed by atoms with Crippen molar-refractivity contribution in [2.75, 3.05) is 12.8 Å². The summed E-state index contributed by atoms with van der Waals surface area (Å²) in [6.07, 6.45) is 0.275. The third-order valence-corrected chi connectivity index (χ3v) is 6.18. The Morgan fingerprint density at radius 3 is 2.25 bits per heavy atom. The molecule has 28 heavy (non-hydrogen) atoms. The van der Waals surface area contributed by atoms with E-state index < -0.39 is 6.04 Å². The second kappa shape index (κ2) is 11.0. The highest BCUT2D eigenvalue weighted by atomic mass is 35.5. The van der Waals surface area contributed by atoms with E-state index in [0.717, 1.165) is 4.90 Å². The lowest BCUT2D eigenvalue weighted by Gasteiger charge is -2.29. The molecular weight excluding hydrogens is 439 g/mol. The molecule has 0 aliphatic rings. The molecule has 1 atom stereocenters. The lowest BCUT2D eigenvalue weighted by atomic mass is 10.1. The first-order valence-electron chi connectivity index (χ1n) is 8.65. The molecule has 2 aromatic rings. The third kappa shape index (κ3) is 6.31. The van der Waals surface area contributed by atoms with Crippen molar-refractivity contribution >= 4 is 58.4 Å². The Morgan fingerprint density at radius 1 is 1.07 bits per heavy atom. The van der Waals surface area contributed by atoms with Crippen molar-refractivity contribution < 1.29 is 9.59 Å². The summed E-state index contributed by atoms with van der Waals surface area (Å²) in [6.45, 7) is 1.85.